The number of thiol groups is 1. The van der Waals surface area contributed by atoms with Gasteiger partial charge in [0.1, 0.15) is 0 Å². The summed E-state index contributed by atoms with van der Waals surface area (Å²) in [6.07, 6.45) is 0. The van der Waals surface area contributed by atoms with Crippen molar-refractivity contribution in [2.24, 2.45) is 0 Å². The van der Waals surface area contributed by atoms with Crippen molar-refractivity contribution in [3.05, 3.63) is 22.7 Å². The molecule has 1 aromatic rings. The first kappa shape index (κ1) is 10.5. The standard InChI is InChI=1S/C9H11ClO2S/c1-11-8-4-7(10)3-6(5-13)9(8)12-2/h3-4,13H,5H2,1-2H3. The summed E-state index contributed by atoms with van der Waals surface area (Å²) in [5, 5.41) is 0.627. The molecule has 0 fully saturated rings. The van der Waals surface area contributed by atoms with Crippen LogP contribution < -0.4 is 9.47 Å². The van der Waals surface area contributed by atoms with Crippen molar-refractivity contribution in [2.75, 3.05) is 14.2 Å². The fourth-order valence-electron chi connectivity index (χ4n) is 1.12. The van der Waals surface area contributed by atoms with Crippen LogP contribution in [-0.2, 0) is 5.75 Å². The van der Waals surface area contributed by atoms with E-state index in [2.05, 4.69) is 12.6 Å². The van der Waals surface area contributed by atoms with Crippen LogP contribution in [0.15, 0.2) is 12.1 Å². The number of hydrogen-bond donors (Lipinski definition) is 1. The lowest BCUT2D eigenvalue weighted by Gasteiger charge is -2.11. The van der Waals surface area contributed by atoms with Crippen molar-refractivity contribution in [1.82, 2.24) is 0 Å². The molecule has 4 heteroatoms. The molecule has 0 atom stereocenters. The van der Waals surface area contributed by atoms with E-state index in [1.54, 1.807) is 20.3 Å². The molecular formula is C9H11ClO2S. The van der Waals surface area contributed by atoms with Gasteiger partial charge in [-0.15, -0.1) is 0 Å². The molecule has 1 rings (SSSR count). The Bertz CT molecular complexity index is 277. The molecule has 0 aliphatic rings. The minimum atomic E-state index is 0.570. The van der Waals surface area contributed by atoms with Gasteiger partial charge in [-0.2, -0.15) is 12.6 Å². The topological polar surface area (TPSA) is 18.5 Å². The van der Waals surface area contributed by atoms with Crippen LogP contribution in [0.25, 0.3) is 0 Å². The number of benzene rings is 1. The lowest BCUT2D eigenvalue weighted by molar-refractivity contribution is 0.353. The first-order valence-corrected chi connectivity index (χ1v) is 4.75. The SMILES string of the molecule is COc1cc(Cl)cc(CS)c1OC. The van der Waals surface area contributed by atoms with Gasteiger partial charge in [0.15, 0.2) is 11.5 Å². The van der Waals surface area contributed by atoms with Gasteiger partial charge in [-0.25, -0.2) is 0 Å². The first-order valence-electron chi connectivity index (χ1n) is 3.74. The van der Waals surface area contributed by atoms with Crippen LogP contribution in [0.4, 0.5) is 0 Å². The summed E-state index contributed by atoms with van der Waals surface area (Å²) in [6.45, 7) is 0. The summed E-state index contributed by atoms with van der Waals surface area (Å²) in [5.41, 5.74) is 0.926. The second kappa shape index (κ2) is 4.63. The van der Waals surface area contributed by atoms with E-state index < -0.39 is 0 Å². The monoisotopic (exact) mass is 218 g/mol. The second-order valence-corrected chi connectivity index (χ2v) is 3.21. The molecule has 2 nitrogen and oxygen atoms in total. The molecule has 0 radical (unpaired) electrons. The van der Waals surface area contributed by atoms with Crippen LogP contribution in [0.2, 0.25) is 5.02 Å². The smallest absolute Gasteiger partial charge is 0.164 e. The van der Waals surface area contributed by atoms with Crippen LogP contribution in [0.1, 0.15) is 5.56 Å². The molecule has 0 spiro atoms. The Balaban J connectivity index is 3.25. The Morgan fingerprint density at radius 1 is 1.31 bits per heavy atom. The van der Waals surface area contributed by atoms with Crippen LogP contribution >= 0.6 is 24.2 Å². The highest BCUT2D eigenvalue weighted by Gasteiger charge is 2.09. The molecule has 0 aromatic heterocycles. The summed E-state index contributed by atoms with van der Waals surface area (Å²) in [4.78, 5) is 0. The molecule has 0 aliphatic carbocycles. The van der Waals surface area contributed by atoms with Crippen molar-refractivity contribution in [3.63, 3.8) is 0 Å². The third kappa shape index (κ3) is 2.23. The molecule has 0 N–H and O–H groups in total. The van der Waals surface area contributed by atoms with Crippen molar-refractivity contribution in [2.45, 2.75) is 5.75 Å². The van der Waals surface area contributed by atoms with Crippen molar-refractivity contribution in [1.29, 1.82) is 0 Å². The molecule has 0 amide bonds. The maximum atomic E-state index is 5.87. The van der Waals surface area contributed by atoms with Crippen molar-refractivity contribution >= 4 is 24.2 Å². The van der Waals surface area contributed by atoms with Gasteiger partial charge >= 0.3 is 0 Å². The van der Waals surface area contributed by atoms with Crippen LogP contribution in [-0.4, -0.2) is 14.2 Å². The normalized spacial score (nSPS) is 9.85. The lowest BCUT2D eigenvalue weighted by atomic mass is 10.2. The average molecular weight is 219 g/mol. The Hall–Kier alpha value is -0.540. The molecule has 13 heavy (non-hydrogen) atoms. The summed E-state index contributed by atoms with van der Waals surface area (Å²) in [7, 11) is 3.18. The molecule has 72 valence electrons. The first-order chi connectivity index (χ1) is 6.22. The zero-order valence-corrected chi connectivity index (χ0v) is 9.15. The zero-order chi connectivity index (χ0) is 9.84. The minimum absolute atomic E-state index is 0.570. The highest BCUT2D eigenvalue weighted by molar-refractivity contribution is 7.79. The fraction of sp³-hybridized carbons (Fsp3) is 0.333. The largest absolute Gasteiger partial charge is 0.493 e. The van der Waals surface area contributed by atoms with Crippen molar-refractivity contribution < 1.29 is 9.47 Å². The Morgan fingerprint density at radius 2 is 2.00 bits per heavy atom. The number of hydrogen-bond acceptors (Lipinski definition) is 3. The fourth-order valence-corrected chi connectivity index (χ4v) is 1.59. The molecule has 0 saturated carbocycles. The quantitative estimate of drug-likeness (QED) is 0.787. The van der Waals surface area contributed by atoms with Gasteiger partial charge < -0.3 is 9.47 Å². The van der Waals surface area contributed by atoms with E-state index in [0.29, 0.717) is 22.3 Å². The maximum Gasteiger partial charge on any atom is 0.164 e. The third-order valence-electron chi connectivity index (χ3n) is 1.69. The molecule has 0 saturated heterocycles. The molecule has 0 bridgehead atoms. The van der Waals surface area contributed by atoms with Crippen LogP contribution in [0.3, 0.4) is 0 Å². The molecule has 0 aliphatic heterocycles. The van der Waals surface area contributed by atoms with E-state index in [-0.39, 0.29) is 0 Å². The van der Waals surface area contributed by atoms with Crippen LogP contribution in [0, 0.1) is 0 Å². The predicted molar refractivity (Wildman–Crippen MR) is 57.2 cm³/mol. The second-order valence-electron chi connectivity index (χ2n) is 2.46. The van der Waals surface area contributed by atoms with E-state index in [4.69, 9.17) is 21.1 Å². The highest BCUT2D eigenvalue weighted by Crippen LogP contribution is 2.34. The van der Waals surface area contributed by atoms with Gasteiger partial charge in [-0.3, -0.25) is 0 Å². The molecule has 0 unspecified atom stereocenters. The summed E-state index contributed by atoms with van der Waals surface area (Å²) >= 11 is 10.0. The highest BCUT2D eigenvalue weighted by atomic mass is 35.5. The zero-order valence-electron chi connectivity index (χ0n) is 7.50. The summed E-state index contributed by atoms with van der Waals surface area (Å²) < 4.78 is 10.3. The van der Waals surface area contributed by atoms with E-state index in [0.717, 1.165) is 5.56 Å². The average Bonchev–Trinajstić information content (AvgIpc) is 2.16. The van der Waals surface area contributed by atoms with E-state index in [9.17, 15) is 0 Å². The van der Waals surface area contributed by atoms with E-state index in [1.165, 1.54) is 0 Å². The van der Waals surface area contributed by atoms with Gasteiger partial charge in [0, 0.05) is 22.4 Å². The Labute approximate surface area is 88.2 Å². The third-order valence-corrected chi connectivity index (χ3v) is 2.25. The molecular weight excluding hydrogens is 208 g/mol. The number of halogens is 1. The van der Waals surface area contributed by atoms with E-state index >= 15 is 0 Å². The number of methoxy groups -OCH3 is 2. The number of rotatable bonds is 3. The Kier molecular flexibility index (Phi) is 3.75. The van der Waals surface area contributed by atoms with Gasteiger partial charge in [-0.05, 0) is 6.07 Å². The summed E-state index contributed by atoms with van der Waals surface area (Å²) in [6, 6.07) is 3.53. The molecule has 1 aromatic carbocycles. The van der Waals surface area contributed by atoms with Crippen molar-refractivity contribution in [3.8, 4) is 11.5 Å². The molecule has 0 heterocycles. The minimum Gasteiger partial charge on any atom is -0.493 e. The van der Waals surface area contributed by atoms with Gasteiger partial charge in [0.05, 0.1) is 14.2 Å². The Morgan fingerprint density at radius 3 is 2.46 bits per heavy atom. The van der Waals surface area contributed by atoms with Gasteiger partial charge in [0.2, 0.25) is 0 Å². The van der Waals surface area contributed by atoms with Crippen LogP contribution in [0.5, 0.6) is 11.5 Å². The summed E-state index contributed by atoms with van der Waals surface area (Å²) in [5.74, 6) is 1.90. The lowest BCUT2D eigenvalue weighted by Crippen LogP contribution is -1.94. The van der Waals surface area contributed by atoms with Gasteiger partial charge in [0.25, 0.3) is 0 Å². The van der Waals surface area contributed by atoms with Gasteiger partial charge in [-0.1, -0.05) is 11.6 Å². The van der Waals surface area contributed by atoms with E-state index in [1.807, 2.05) is 6.07 Å². The number of ether oxygens (including phenoxy) is 2. The predicted octanol–water partition coefficient (Wildman–Crippen LogP) is 2.79. The maximum absolute atomic E-state index is 5.87.